The summed E-state index contributed by atoms with van der Waals surface area (Å²) in [5.41, 5.74) is -0.388. The molecular formula is C26H16N2Na2O9S2. The van der Waals surface area contributed by atoms with Crippen molar-refractivity contribution in [3.63, 3.8) is 0 Å². The van der Waals surface area contributed by atoms with Gasteiger partial charge in [-0.05, 0) is 36.4 Å². The van der Waals surface area contributed by atoms with Gasteiger partial charge in [0, 0.05) is 28.6 Å². The van der Waals surface area contributed by atoms with Gasteiger partial charge in [-0.1, -0.05) is 36.4 Å². The van der Waals surface area contributed by atoms with Crippen LogP contribution < -0.4 is 69.7 Å². The zero-order valence-corrected chi connectivity index (χ0v) is 27.2. The van der Waals surface area contributed by atoms with Crippen molar-refractivity contribution in [1.29, 1.82) is 0 Å². The molecule has 3 N–H and O–H groups in total. The molecule has 15 heteroatoms. The molecule has 4 aromatic carbocycles. The van der Waals surface area contributed by atoms with Gasteiger partial charge in [-0.25, -0.2) is 16.8 Å². The van der Waals surface area contributed by atoms with Crippen molar-refractivity contribution in [3.8, 4) is 5.75 Å². The molecule has 0 radical (unpaired) electrons. The summed E-state index contributed by atoms with van der Waals surface area (Å²) in [5.74, 6) is -1.83. The Morgan fingerprint density at radius 1 is 0.610 bits per heavy atom. The summed E-state index contributed by atoms with van der Waals surface area (Å²) in [6.45, 7) is 0. The second kappa shape index (κ2) is 12.4. The topological polar surface area (TPSA) is 193 Å². The molecule has 0 heterocycles. The van der Waals surface area contributed by atoms with Gasteiger partial charge in [0.15, 0.2) is 11.6 Å². The van der Waals surface area contributed by atoms with E-state index in [2.05, 4.69) is 10.6 Å². The zero-order valence-electron chi connectivity index (χ0n) is 21.5. The van der Waals surface area contributed by atoms with Gasteiger partial charge in [-0.3, -0.25) is 9.59 Å². The number of hydrogen-bond acceptors (Lipinski definition) is 11. The number of aromatic hydroxyl groups is 1. The molecule has 0 unspecified atom stereocenters. The van der Waals surface area contributed by atoms with Gasteiger partial charge in [0.25, 0.3) is 0 Å². The van der Waals surface area contributed by atoms with Crippen molar-refractivity contribution in [2.24, 2.45) is 0 Å². The second-order valence-corrected chi connectivity index (χ2v) is 11.2. The molecule has 0 fully saturated rings. The van der Waals surface area contributed by atoms with Crippen LogP contribution in [0.25, 0.3) is 0 Å². The molecule has 41 heavy (non-hydrogen) atoms. The summed E-state index contributed by atoms with van der Waals surface area (Å²) >= 11 is 0. The minimum atomic E-state index is -4.83. The van der Waals surface area contributed by atoms with Crippen LogP contribution in [0.2, 0.25) is 0 Å². The summed E-state index contributed by atoms with van der Waals surface area (Å²) in [7, 11) is -9.64. The molecule has 0 bridgehead atoms. The first-order valence-electron chi connectivity index (χ1n) is 11.1. The van der Waals surface area contributed by atoms with E-state index in [1.54, 1.807) is 12.1 Å². The molecule has 0 spiro atoms. The van der Waals surface area contributed by atoms with Crippen LogP contribution in [0.1, 0.15) is 31.8 Å². The number of ketones is 2. The van der Waals surface area contributed by atoms with E-state index in [1.165, 1.54) is 36.4 Å². The number of nitrogens with one attached hydrogen (secondary N) is 2. The molecule has 4 aromatic rings. The van der Waals surface area contributed by atoms with Gasteiger partial charge in [0.1, 0.15) is 26.0 Å². The van der Waals surface area contributed by atoms with E-state index in [0.29, 0.717) is 0 Å². The molecule has 0 aliphatic heterocycles. The van der Waals surface area contributed by atoms with Crippen molar-refractivity contribution in [2.45, 2.75) is 9.79 Å². The number of hydrogen-bond donors (Lipinski definition) is 3. The van der Waals surface area contributed by atoms with E-state index in [1.807, 2.05) is 0 Å². The maximum absolute atomic E-state index is 13.6. The van der Waals surface area contributed by atoms with Crippen LogP contribution in [0.3, 0.4) is 0 Å². The van der Waals surface area contributed by atoms with Gasteiger partial charge >= 0.3 is 59.1 Å². The van der Waals surface area contributed by atoms with Crippen LogP contribution in [-0.4, -0.2) is 42.6 Å². The zero-order chi connectivity index (χ0) is 28.1. The van der Waals surface area contributed by atoms with E-state index >= 15 is 0 Å². The maximum Gasteiger partial charge on any atom is 1.00 e. The third-order valence-electron chi connectivity index (χ3n) is 5.97. The van der Waals surface area contributed by atoms with Crippen LogP contribution in [0.4, 0.5) is 22.7 Å². The molecule has 1 aliphatic carbocycles. The molecule has 5 rings (SSSR count). The average molecular weight is 611 g/mol. The molecule has 1 aliphatic rings. The Kier molecular flexibility index (Phi) is 9.93. The number of phenols is 1. The Labute approximate surface area is 279 Å². The second-order valence-electron chi connectivity index (χ2n) is 8.49. The van der Waals surface area contributed by atoms with Crippen molar-refractivity contribution in [3.05, 3.63) is 101 Å². The summed E-state index contributed by atoms with van der Waals surface area (Å²) in [4.78, 5) is 25.8. The van der Waals surface area contributed by atoms with Crippen LogP contribution in [0, 0.1) is 0 Å². The molecule has 198 valence electrons. The Morgan fingerprint density at radius 2 is 1.07 bits per heavy atom. The number of carbonyl (C=O) groups is 2. The predicted molar refractivity (Wildman–Crippen MR) is 137 cm³/mol. The Balaban J connectivity index is 0.00000231. The minimum absolute atomic E-state index is 0. The van der Waals surface area contributed by atoms with Crippen LogP contribution in [0.15, 0.2) is 88.7 Å². The first-order valence-corrected chi connectivity index (χ1v) is 13.9. The number of carbonyl (C=O) groups excluding carboxylic acids is 2. The number of fused-ring (bicyclic) bond motifs is 2. The fraction of sp³-hybridized carbons (Fsp3) is 0. The third kappa shape index (κ3) is 6.60. The third-order valence-corrected chi connectivity index (χ3v) is 7.63. The van der Waals surface area contributed by atoms with Crippen molar-refractivity contribution in [2.75, 3.05) is 10.6 Å². The minimum Gasteiger partial charge on any atom is -0.744 e. The quantitative estimate of drug-likeness (QED) is 0.104. The first kappa shape index (κ1) is 32.9. The van der Waals surface area contributed by atoms with Crippen LogP contribution in [0.5, 0.6) is 5.75 Å². The molecule has 11 nitrogen and oxygen atoms in total. The Bertz CT molecular complexity index is 1930. The predicted octanol–water partition coefficient (Wildman–Crippen LogP) is -2.53. The number of benzene rings is 4. The van der Waals surface area contributed by atoms with Gasteiger partial charge in [0.05, 0.1) is 32.3 Å². The van der Waals surface area contributed by atoms with Gasteiger partial charge in [-0.2, -0.15) is 0 Å². The van der Waals surface area contributed by atoms with Crippen molar-refractivity contribution in [1.82, 2.24) is 0 Å². The molecule has 0 atom stereocenters. The smallest absolute Gasteiger partial charge is 0.744 e. The molecule has 0 aromatic heterocycles. The van der Waals surface area contributed by atoms with E-state index < -0.39 is 47.3 Å². The van der Waals surface area contributed by atoms with Crippen LogP contribution >= 0.6 is 0 Å². The number of phenolic OH excluding ortho intramolecular Hbond substituents is 1. The number of rotatable bonds is 6. The largest absolute Gasteiger partial charge is 1.00 e. The summed E-state index contributed by atoms with van der Waals surface area (Å²) in [6.07, 6.45) is 0. The van der Waals surface area contributed by atoms with E-state index in [0.717, 1.165) is 30.3 Å². The molecular weight excluding hydrogens is 594 g/mol. The normalized spacial score (nSPS) is 12.3. The number of anilines is 4. The Morgan fingerprint density at radius 3 is 1.56 bits per heavy atom. The fourth-order valence-corrected chi connectivity index (χ4v) is 5.29. The van der Waals surface area contributed by atoms with E-state index in [4.69, 9.17) is 0 Å². The molecule has 0 saturated heterocycles. The van der Waals surface area contributed by atoms with Crippen molar-refractivity contribution >= 4 is 54.6 Å². The summed E-state index contributed by atoms with van der Waals surface area (Å²) in [5, 5.41) is 16.5. The van der Waals surface area contributed by atoms with Crippen LogP contribution in [-0.2, 0) is 20.2 Å². The monoisotopic (exact) mass is 610 g/mol. The average Bonchev–Trinajstić information content (AvgIpc) is 2.88. The molecule has 0 amide bonds. The van der Waals surface area contributed by atoms with Gasteiger partial charge in [0.2, 0.25) is 0 Å². The first-order chi connectivity index (χ1) is 18.3. The summed E-state index contributed by atoms with van der Waals surface area (Å²) in [6, 6.07) is 16.8. The van der Waals surface area contributed by atoms with E-state index in [-0.39, 0.29) is 104 Å². The standard InChI is InChI=1S/C26H18N2O9S2.2Na/c29-21-13-20(27-14-5-3-7-16(11-14)38(32,33)34)24(28-15-6-4-8-17(12-15)39(35,36)37)23-22(21)25(30)18-9-1-2-10-19(18)26(23)31;;/h1-13,27-29H,(H,32,33,34)(H,35,36,37);;/q;2*+1/p-2. The van der Waals surface area contributed by atoms with Crippen molar-refractivity contribution < 1.29 is 99.8 Å². The summed E-state index contributed by atoms with van der Waals surface area (Å²) < 4.78 is 69.2. The molecule has 0 saturated carbocycles. The van der Waals surface area contributed by atoms with Gasteiger partial charge in [-0.15, -0.1) is 0 Å². The fourth-order valence-electron chi connectivity index (χ4n) is 4.26. The van der Waals surface area contributed by atoms with E-state index in [9.17, 15) is 40.6 Å². The SMILES string of the molecule is O=C1c2ccccc2C(=O)c2c(Nc3cccc(S(=O)(=O)[O-])c3)c(Nc3cccc(S(=O)(=O)[O-])c3)cc(O)c21.[Na+].[Na+]. The van der Waals surface area contributed by atoms with Gasteiger partial charge < -0.3 is 24.8 Å². The maximum atomic E-state index is 13.6. The Hall–Kier alpha value is -2.56.